The molecule has 0 heterocycles. The third-order valence-electron chi connectivity index (χ3n) is 0. The van der Waals surface area contributed by atoms with Crippen LogP contribution in [-0.4, -0.2) is 24.7 Å². The van der Waals surface area contributed by atoms with Crippen LogP contribution in [0.25, 0.3) is 0 Å². The number of hydrogen-bond donors (Lipinski definition) is 0. The van der Waals surface area contributed by atoms with Crippen LogP contribution >= 0.6 is 0 Å². The fraction of sp³-hybridized carbons (Fsp3) is 0. The first kappa shape index (κ1) is 15.7. The summed E-state index contributed by atoms with van der Waals surface area (Å²) in [7, 11) is -2.92. The molecule has 0 unspecified atom stereocenters. The van der Waals surface area contributed by atoms with Gasteiger partial charge in [0.1, 0.15) is 0 Å². The fourth-order valence-corrected chi connectivity index (χ4v) is 0. The first-order chi connectivity index (χ1) is 1.73. The first-order valence-corrected chi connectivity index (χ1v) is 0.707. The van der Waals surface area contributed by atoms with Crippen LogP contribution in [-0.2, 0) is 21.7 Å². The molecule has 0 N–H and O–H groups in total. The van der Waals surface area contributed by atoms with Crippen molar-refractivity contribution in [2.75, 3.05) is 0 Å². The molecule has 6 heavy (non-hydrogen) atoms. The molecule has 0 saturated carbocycles. The fourth-order valence-electron chi connectivity index (χ4n) is 0. The van der Waals surface area contributed by atoms with E-state index in [1.807, 2.05) is 0 Å². The van der Waals surface area contributed by atoms with E-state index in [4.69, 9.17) is 15.1 Å². The Morgan fingerprint density at radius 3 is 1.00 bits per heavy atom. The molecule has 24 valence electrons. The maximum Gasteiger partial charge on any atom is 4.00 e. The average molecular weight is 134 g/mol. The van der Waals surface area contributed by atoms with E-state index in [9.17, 15) is 0 Å². The molecule has 0 aliphatic rings. The molecule has 0 aliphatic carbocycles. The monoisotopic (exact) mass is 134 g/mol. The van der Waals surface area contributed by atoms with E-state index < -0.39 is 7.32 Å². The molecular weight excluding hydrogens is 134 g/mol. The van der Waals surface area contributed by atoms with Crippen LogP contribution in [0.5, 0.6) is 0 Å². The standard InChI is InChI=1S/Al.BO3.Ti/c;2-1(3)4;/q+3;-3;+4. The Morgan fingerprint density at radius 2 is 1.00 bits per heavy atom. The third-order valence-corrected chi connectivity index (χ3v) is 0. The minimum absolute atomic E-state index is 0. The van der Waals surface area contributed by atoms with Crippen molar-refractivity contribution in [3.8, 4) is 0 Å². The predicted molar refractivity (Wildman–Crippen MR) is 11.5 cm³/mol. The van der Waals surface area contributed by atoms with Crippen LogP contribution in [0.15, 0.2) is 0 Å². The SMILES string of the molecule is [Al+3].[O-]B([O-])[O-].[Ti+4]. The molecule has 0 fully saturated rings. The van der Waals surface area contributed by atoms with Gasteiger partial charge in [-0.1, -0.05) is 0 Å². The molecule has 0 aliphatic heterocycles. The average Bonchev–Trinajstić information content (AvgIpc) is 0.811. The summed E-state index contributed by atoms with van der Waals surface area (Å²) in [5.74, 6) is 0. The summed E-state index contributed by atoms with van der Waals surface area (Å²) in [6.07, 6.45) is 0. The molecule has 3 nitrogen and oxygen atoms in total. The molecule has 0 aromatic carbocycles. The molecule has 0 amide bonds. The Morgan fingerprint density at radius 1 is 1.00 bits per heavy atom. The van der Waals surface area contributed by atoms with Crippen molar-refractivity contribution in [1.82, 2.24) is 0 Å². The van der Waals surface area contributed by atoms with Crippen LogP contribution < -0.4 is 15.1 Å². The first-order valence-electron chi connectivity index (χ1n) is 0.707. The van der Waals surface area contributed by atoms with Gasteiger partial charge in [-0.25, -0.2) is 0 Å². The second-order valence-electron chi connectivity index (χ2n) is 0.289. The van der Waals surface area contributed by atoms with Crippen molar-refractivity contribution in [1.29, 1.82) is 0 Å². The van der Waals surface area contributed by atoms with Crippen LogP contribution in [0.2, 0.25) is 0 Å². The molecule has 0 rings (SSSR count). The van der Waals surface area contributed by atoms with E-state index in [-0.39, 0.29) is 39.1 Å². The Kier molecular flexibility index (Phi) is 24.8. The second kappa shape index (κ2) is 9.50. The van der Waals surface area contributed by atoms with Crippen molar-refractivity contribution in [3.63, 3.8) is 0 Å². The van der Waals surface area contributed by atoms with Gasteiger partial charge in [0, 0.05) is 0 Å². The van der Waals surface area contributed by atoms with Crippen LogP contribution in [0.1, 0.15) is 0 Å². The predicted octanol–water partition coefficient (Wildman–Crippen LogP) is -4.33. The summed E-state index contributed by atoms with van der Waals surface area (Å²) in [6, 6.07) is 0. The Hall–Kier alpha value is 1.19. The Balaban J connectivity index is -0.0000000450. The molecule has 6 heteroatoms. The summed E-state index contributed by atoms with van der Waals surface area (Å²) in [4.78, 5) is 0. The summed E-state index contributed by atoms with van der Waals surface area (Å²) in [5, 5.41) is 25.2. The van der Waals surface area contributed by atoms with Crippen molar-refractivity contribution in [3.05, 3.63) is 0 Å². The van der Waals surface area contributed by atoms with Gasteiger partial charge in [0.15, 0.2) is 0 Å². The topological polar surface area (TPSA) is 69.2 Å². The van der Waals surface area contributed by atoms with Gasteiger partial charge in [-0.2, -0.15) is 0 Å². The van der Waals surface area contributed by atoms with E-state index >= 15 is 0 Å². The Bertz CT molecular complexity index is 15.5. The van der Waals surface area contributed by atoms with E-state index in [0.717, 1.165) is 0 Å². The van der Waals surface area contributed by atoms with E-state index in [1.54, 1.807) is 0 Å². The van der Waals surface area contributed by atoms with Crippen molar-refractivity contribution in [2.45, 2.75) is 0 Å². The number of hydrogen-bond acceptors (Lipinski definition) is 3. The van der Waals surface area contributed by atoms with Gasteiger partial charge < -0.3 is 15.1 Å². The molecule has 0 radical (unpaired) electrons. The zero-order valence-electron chi connectivity index (χ0n) is 2.88. The molecule has 0 saturated heterocycles. The van der Waals surface area contributed by atoms with Crippen molar-refractivity contribution in [2.24, 2.45) is 0 Å². The van der Waals surface area contributed by atoms with Gasteiger partial charge in [-0.05, 0) is 0 Å². The maximum atomic E-state index is 8.42. The normalized spacial score (nSPS) is 4.50. The van der Waals surface area contributed by atoms with Crippen molar-refractivity contribution < 1.29 is 36.8 Å². The number of rotatable bonds is 0. The molecule has 0 bridgehead atoms. The molecule has 0 spiro atoms. The minimum Gasteiger partial charge on any atom is -0.907 e. The second-order valence-corrected chi connectivity index (χ2v) is 0.289. The third kappa shape index (κ3) is 64.2. The van der Waals surface area contributed by atoms with Crippen LogP contribution in [0.4, 0.5) is 0 Å². The molecular formula is AlBO3Ti+4. The van der Waals surface area contributed by atoms with Gasteiger partial charge in [0.2, 0.25) is 0 Å². The summed E-state index contributed by atoms with van der Waals surface area (Å²) in [6.45, 7) is 0. The summed E-state index contributed by atoms with van der Waals surface area (Å²) in [5.41, 5.74) is 0. The zero-order valence-corrected chi connectivity index (χ0v) is 5.60. The van der Waals surface area contributed by atoms with Crippen LogP contribution in [0.3, 0.4) is 0 Å². The van der Waals surface area contributed by atoms with E-state index in [2.05, 4.69) is 0 Å². The summed E-state index contributed by atoms with van der Waals surface area (Å²) >= 11 is 0. The van der Waals surface area contributed by atoms with Gasteiger partial charge in [-0.15, -0.1) is 0 Å². The zero-order chi connectivity index (χ0) is 3.58. The Labute approximate surface area is 61.6 Å². The van der Waals surface area contributed by atoms with E-state index in [0.29, 0.717) is 0 Å². The maximum absolute atomic E-state index is 8.42. The van der Waals surface area contributed by atoms with E-state index in [1.165, 1.54) is 0 Å². The molecule has 0 aromatic rings. The molecule has 0 aromatic heterocycles. The van der Waals surface area contributed by atoms with Gasteiger partial charge >= 0.3 is 39.1 Å². The smallest absolute Gasteiger partial charge is 0.907 e. The quantitative estimate of drug-likeness (QED) is 0.314. The molecule has 0 atom stereocenters. The van der Waals surface area contributed by atoms with Crippen LogP contribution in [0, 0.1) is 0 Å². The van der Waals surface area contributed by atoms with Gasteiger partial charge in [0.05, 0.1) is 0 Å². The van der Waals surface area contributed by atoms with Gasteiger partial charge in [0.25, 0.3) is 0 Å². The summed E-state index contributed by atoms with van der Waals surface area (Å²) < 4.78 is 0. The van der Waals surface area contributed by atoms with Gasteiger partial charge in [-0.3, -0.25) is 7.32 Å². The van der Waals surface area contributed by atoms with Crippen molar-refractivity contribution >= 4 is 24.7 Å². The largest absolute Gasteiger partial charge is 4.00 e. The minimum atomic E-state index is -2.92.